The number of hydrogen-bond acceptors (Lipinski definition) is 8. The van der Waals surface area contributed by atoms with E-state index in [4.69, 9.17) is 22.1 Å². The molecule has 5 rings (SSSR count). The first kappa shape index (κ1) is 28.7. The van der Waals surface area contributed by atoms with E-state index in [2.05, 4.69) is 45.4 Å². The van der Waals surface area contributed by atoms with Gasteiger partial charge in [0.05, 0.1) is 10.6 Å². The molecule has 1 saturated heterocycles. The van der Waals surface area contributed by atoms with Gasteiger partial charge < -0.3 is 20.3 Å². The summed E-state index contributed by atoms with van der Waals surface area (Å²) in [5, 5.41) is 0.526. The number of sulfonamides is 1. The molecule has 0 atom stereocenters. The molecule has 0 amide bonds. The lowest BCUT2D eigenvalue weighted by molar-refractivity contribution is 0.312. The maximum absolute atomic E-state index is 13.2. The standard InChI is InChI=1S/C30H33ClN6O3S/c1-20(2)26-9-4-5-10-27(26)28-19-29(34-30(33-28)35-41(38,39)25-8-6-7-22(32)17-25)40-24-16-21(31)15-23(18-24)37-13-11-36(3)12-14-37/h4-10,15-20H,11-14,32H2,1-3H3,(H,33,34,35). The number of ether oxygens (including phenoxy) is 1. The summed E-state index contributed by atoms with van der Waals surface area (Å²) < 4.78 is 35.2. The molecular weight excluding hydrogens is 560 g/mol. The molecule has 0 bridgehead atoms. The average molecular weight is 593 g/mol. The molecule has 41 heavy (non-hydrogen) atoms. The molecule has 1 aromatic heterocycles. The van der Waals surface area contributed by atoms with E-state index >= 15 is 0 Å². The van der Waals surface area contributed by atoms with Gasteiger partial charge in [-0.05, 0) is 48.9 Å². The molecule has 1 fully saturated rings. The fourth-order valence-electron chi connectivity index (χ4n) is 4.73. The smallest absolute Gasteiger partial charge is 0.264 e. The van der Waals surface area contributed by atoms with Crippen LogP contribution in [0.3, 0.4) is 0 Å². The van der Waals surface area contributed by atoms with Crippen molar-refractivity contribution in [3.8, 4) is 22.9 Å². The summed E-state index contributed by atoms with van der Waals surface area (Å²) >= 11 is 6.49. The van der Waals surface area contributed by atoms with Crippen molar-refractivity contribution in [1.29, 1.82) is 0 Å². The Hall–Kier alpha value is -3.86. The summed E-state index contributed by atoms with van der Waals surface area (Å²) in [6, 6.07) is 21.1. The number of anilines is 3. The van der Waals surface area contributed by atoms with Crippen LogP contribution >= 0.6 is 11.6 Å². The Morgan fingerprint density at radius 3 is 2.44 bits per heavy atom. The van der Waals surface area contributed by atoms with E-state index in [9.17, 15) is 8.42 Å². The zero-order chi connectivity index (χ0) is 29.1. The highest BCUT2D eigenvalue weighted by Crippen LogP contribution is 2.34. The first-order chi connectivity index (χ1) is 19.6. The molecule has 0 unspecified atom stereocenters. The van der Waals surface area contributed by atoms with Crippen LogP contribution < -0.4 is 20.1 Å². The third kappa shape index (κ3) is 6.90. The summed E-state index contributed by atoms with van der Waals surface area (Å²) in [5.74, 6) is 0.736. The monoisotopic (exact) mass is 592 g/mol. The number of nitrogens with two attached hydrogens (primary N) is 1. The highest BCUT2D eigenvalue weighted by Gasteiger charge is 2.20. The van der Waals surface area contributed by atoms with Crippen LogP contribution in [0.1, 0.15) is 25.3 Å². The van der Waals surface area contributed by atoms with Crippen molar-refractivity contribution >= 4 is 38.9 Å². The minimum absolute atomic E-state index is 0.00297. The van der Waals surface area contributed by atoms with Crippen LogP contribution in [0.5, 0.6) is 11.6 Å². The lowest BCUT2D eigenvalue weighted by atomic mass is 9.95. The summed E-state index contributed by atoms with van der Waals surface area (Å²) in [6.45, 7) is 7.82. The van der Waals surface area contributed by atoms with Crippen molar-refractivity contribution in [3.05, 3.63) is 83.4 Å². The predicted octanol–water partition coefficient (Wildman–Crippen LogP) is 5.85. The number of benzene rings is 3. The van der Waals surface area contributed by atoms with Gasteiger partial charge in [-0.1, -0.05) is 55.8 Å². The first-order valence-corrected chi connectivity index (χ1v) is 15.2. The summed E-state index contributed by atoms with van der Waals surface area (Å²) in [4.78, 5) is 13.6. The SMILES string of the molecule is CC(C)c1ccccc1-c1cc(Oc2cc(Cl)cc(N3CCN(C)CC3)c2)nc(NS(=O)(=O)c2cccc(N)c2)n1. The zero-order valence-electron chi connectivity index (χ0n) is 23.2. The second kappa shape index (κ2) is 11.9. The molecule has 2 heterocycles. The van der Waals surface area contributed by atoms with Gasteiger partial charge in [-0.2, -0.15) is 4.98 Å². The molecule has 0 spiro atoms. The van der Waals surface area contributed by atoms with Crippen molar-refractivity contribution in [2.75, 3.05) is 48.6 Å². The van der Waals surface area contributed by atoms with Crippen LogP contribution in [-0.2, 0) is 10.0 Å². The molecule has 4 aromatic rings. The van der Waals surface area contributed by atoms with E-state index in [-0.39, 0.29) is 22.6 Å². The van der Waals surface area contributed by atoms with Gasteiger partial charge in [0, 0.05) is 60.3 Å². The quantitative estimate of drug-likeness (QED) is 0.245. The number of nitrogens with zero attached hydrogens (tertiary/aromatic N) is 4. The lowest BCUT2D eigenvalue weighted by Crippen LogP contribution is -2.44. The highest BCUT2D eigenvalue weighted by molar-refractivity contribution is 7.92. The highest BCUT2D eigenvalue weighted by atomic mass is 35.5. The van der Waals surface area contributed by atoms with E-state index in [1.54, 1.807) is 24.3 Å². The van der Waals surface area contributed by atoms with Gasteiger partial charge in [0.15, 0.2) is 0 Å². The van der Waals surface area contributed by atoms with Crippen molar-refractivity contribution in [2.45, 2.75) is 24.7 Å². The van der Waals surface area contributed by atoms with Crippen LogP contribution in [-0.4, -0.2) is 56.5 Å². The van der Waals surface area contributed by atoms with Crippen molar-refractivity contribution in [3.63, 3.8) is 0 Å². The van der Waals surface area contributed by atoms with Crippen molar-refractivity contribution in [2.24, 2.45) is 0 Å². The number of nitrogen functional groups attached to an aromatic ring is 1. The van der Waals surface area contributed by atoms with Gasteiger partial charge in [-0.15, -0.1) is 0 Å². The number of nitrogens with one attached hydrogen (secondary N) is 1. The molecule has 11 heteroatoms. The normalized spacial score (nSPS) is 14.3. The second-order valence-corrected chi connectivity index (χ2v) is 12.5. The van der Waals surface area contributed by atoms with Crippen LogP contribution in [0.2, 0.25) is 5.02 Å². The number of piperazine rings is 1. The van der Waals surface area contributed by atoms with Gasteiger partial charge in [0.25, 0.3) is 10.0 Å². The molecule has 3 aromatic carbocycles. The number of likely N-dealkylation sites (N-methyl/N-ethyl adjacent to an activating group) is 1. The topological polar surface area (TPSA) is 114 Å². The molecule has 1 aliphatic rings. The minimum Gasteiger partial charge on any atom is -0.439 e. The molecule has 1 aliphatic heterocycles. The van der Waals surface area contributed by atoms with E-state index in [1.165, 1.54) is 12.1 Å². The summed E-state index contributed by atoms with van der Waals surface area (Å²) in [5.41, 5.74) is 9.53. The third-order valence-electron chi connectivity index (χ3n) is 6.90. The number of aromatic nitrogens is 2. The minimum atomic E-state index is -4.03. The second-order valence-electron chi connectivity index (χ2n) is 10.4. The molecule has 0 saturated carbocycles. The Balaban J connectivity index is 1.54. The molecule has 9 nitrogen and oxygen atoms in total. The van der Waals surface area contributed by atoms with E-state index < -0.39 is 10.0 Å². The first-order valence-electron chi connectivity index (χ1n) is 13.4. The molecular formula is C30H33ClN6O3S. The average Bonchev–Trinajstić information content (AvgIpc) is 2.93. The zero-order valence-corrected chi connectivity index (χ0v) is 24.8. The Labute approximate surface area is 246 Å². The van der Waals surface area contributed by atoms with Crippen molar-refractivity contribution < 1.29 is 13.2 Å². The predicted molar refractivity (Wildman–Crippen MR) is 164 cm³/mol. The lowest BCUT2D eigenvalue weighted by Gasteiger charge is -2.34. The number of hydrogen-bond donors (Lipinski definition) is 2. The largest absolute Gasteiger partial charge is 0.439 e. The Bertz CT molecular complexity index is 1660. The molecule has 3 N–H and O–H groups in total. The number of rotatable bonds is 8. The maximum atomic E-state index is 13.2. The fourth-order valence-corrected chi connectivity index (χ4v) is 5.95. The molecule has 0 radical (unpaired) electrons. The van der Waals surface area contributed by atoms with Gasteiger partial charge in [0.2, 0.25) is 11.8 Å². The van der Waals surface area contributed by atoms with Gasteiger partial charge in [-0.3, -0.25) is 0 Å². The van der Waals surface area contributed by atoms with Gasteiger partial charge in [0.1, 0.15) is 5.75 Å². The summed E-state index contributed by atoms with van der Waals surface area (Å²) in [7, 11) is -1.92. The fraction of sp³-hybridized carbons (Fsp3) is 0.267. The summed E-state index contributed by atoms with van der Waals surface area (Å²) in [6.07, 6.45) is 0. The Morgan fingerprint density at radius 2 is 1.71 bits per heavy atom. The van der Waals surface area contributed by atoms with Gasteiger partial charge >= 0.3 is 0 Å². The van der Waals surface area contributed by atoms with E-state index in [0.717, 1.165) is 43.0 Å². The van der Waals surface area contributed by atoms with Crippen LogP contribution in [0.15, 0.2) is 77.7 Å². The van der Waals surface area contributed by atoms with Gasteiger partial charge in [-0.25, -0.2) is 18.1 Å². The van der Waals surface area contributed by atoms with E-state index in [1.807, 2.05) is 36.4 Å². The van der Waals surface area contributed by atoms with E-state index in [0.29, 0.717) is 22.2 Å². The Morgan fingerprint density at radius 1 is 0.951 bits per heavy atom. The Kier molecular flexibility index (Phi) is 8.35. The van der Waals surface area contributed by atoms with Crippen LogP contribution in [0, 0.1) is 0 Å². The van der Waals surface area contributed by atoms with Crippen molar-refractivity contribution in [1.82, 2.24) is 14.9 Å². The molecule has 0 aliphatic carbocycles. The third-order valence-corrected chi connectivity index (χ3v) is 8.45. The number of halogens is 1. The molecule has 214 valence electrons. The maximum Gasteiger partial charge on any atom is 0.264 e. The van der Waals surface area contributed by atoms with Crippen LogP contribution in [0.4, 0.5) is 17.3 Å². The van der Waals surface area contributed by atoms with Crippen LogP contribution in [0.25, 0.3) is 11.3 Å².